The van der Waals surface area contributed by atoms with Crippen LogP contribution in [0.5, 0.6) is 0 Å². The van der Waals surface area contributed by atoms with Crippen LogP contribution >= 0.6 is 0 Å². The van der Waals surface area contributed by atoms with E-state index in [0.717, 1.165) is 24.1 Å². The van der Waals surface area contributed by atoms with E-state index >= 15 is 0 Å². The lowest BCUT2D eigenvalue weighted by molar-refractivity contribution is 0.0937. The normalized spacial score (nSPS) is 15.7. The zero-order valence-corrected chi connectivity index (χ0v) is 15.4. The summed E-state index contributed by atoms with van der Waals surface area (Å²) < 4.78 is 1.77. The minimum Gasteiger partial charge on any atom is -0.345 e. The van der Waals surface area contributed by atoms with Crippen molar-refractivity contribution in [3.63, 3.8) is 0 Å². The van der Waals surface area contributed by atoms with Crippen LogP contribution in [0.2, 0.25) is 0 Å². The Labute approximate surface area is 153 Å². The van der Waals surface area contributed by atoms with Crippen LogP contribution in [0.1, 0.15) is 45.1 Å². The van der Waals surface area contributed by atoms with Crippen LogP contribution in [0.4, 0.5) is 0 Å². The molecule has 0 spiro atoms. The molecule has 0 saturated carbocycles. The van der Waals surface area contributed by atoms with Crippen molar-refractivity contribution < 1.29 is 4.79 Å². The average Bonchev–Trinajstić information content (AvgIpc) is 3.19. The monoisotopic (exact) mass is 345 g/mol. The van der Waals surface area contributed by atoms with Gasteiger partial charge in [0.15, 0.2) is 0 Å². The first kappa shape index (κ1) is 16.6. The summed E-state index contributed by atoms with van der Waals surface area (Å²) in [6.07, 6.45) is 3.63. The van der Waals surface area contributed by atoms with Gasteiger partial charge in [0.05, 0.1) is 23.5 Å². The van der Waals surface area contributed by atoms with Gasteiger partial charge in [-0.1, -0.05) is 48.0 Å². The molecular formula is C22H23N3O. The standard InChI is InChI=1S/C22H23N3O/c1-14-11-15(2)20-17(12-14)9-10-19(20)24-22(26)18-13-23-25(3)21(18)16-7-5-4-6-8-16/h4-8,11-13,19H,9-10H2,1-3H3,(H,24,26). The van der Waals surface area contributed by atoms with Gasteiger partial charge in [-0.3, -0.25) is 9.48 Å². The van der Waals surface area contributed by atoms with Gasteiger partial charge in [-0.2, -0.15) is 5.10 Å². The van der Waals surface area contributed by atoms with Gasteiger partial charge in [-0.05, 0) is 43.4 Å². The number of rotatable bonds is 3. The van der Waals surface area contributed by atoms with Gasteiger partial charge in [-0.25, -0.2) is 0 Å². The van der Waals surface area contributed by atoms with Crippen LogP contribution in [-0.2, 0) is 13.5 Å². The Kier molecular flexibility index (Phi) is 4.11. The second-order valence-electron chi connectivity index (χ2n) is 7.12. The van der Waals surface area contributed by atoms with E-state index in [1.807, 2.05) is 37.4 Å². The molecule has 0 saturated heterocycles. The number of amides is 1. The minimum atomic E-state index is -0.0604. The van der Waals surface area contributed by atoms with E-state index < -0.39 is 0 Å². The van der Waals surface area contributed by atoms with Crippen molar-refractivity contribution >= 4 is 5.91 Å². The van der Waals surface area contributed by atoms with Crippen molar-refractivity contribution in [2.75, 3.05) is 0 Å². The van der Waals surface area contributed by atoms with E-state index in [1.165, 1.54) is 22.3 Å². The van der Waals surface area contributed by atoms with Gasteiger partial charge >= 0.3 is 0 Å². The molecule has 0 bridgehead atoms. The number of carbonyl (C=O) groups is 1. The third-order valence-electron chi connectivity index (χ3n) is 5.20. The smallest absolute Gasteiger partial charge is 0.255 e. The Balaban J connectivity index is 1.64. The van der Waals surface area contributed by atoms with E-state index in [9.17, 15) is 4.79 Å². The van der Waals surface area contributed by atoms with Crippen molar-refractivity contribution in [1.82, 2.24) is 15.1 Å². The number of hydrogen-bond acceptors (Lipinski definition) is 2. The van der Waals surface area contributed by atoms with Crippen LogP contribution < -0.4 is 5.32 Å². The van der Waals surface area contributed by atoms with E-state index in [1.54, 1.807) is 10.9 Å². The fraction of sp³-hybridized carbons (Fsp3) is 0.273. The van der Waals surface area contributed by atoms with Crippen LogP contribution in [-0.4, -0.2) is 15.7 Å². The quantitative estimate of drug-likeness (QED) is 0.776. The predicted octanol–water partition coefficient (Wildman–Crippen LogP) is 4.12. The highest BCUT2D eigenvalue weighted by atomic mass is 16.1. The number of nitrogens with zero attached hydrogens (tertiary/aromatic N) is 2. The Bertz CT molecular complexity index is 973. The molecule has 1 aromatic heterocycles. The van der Waals surface area contributed by atoms with Crippen molar-refractivity contribution in [2.45, 2.75) is 32.7 Å². The summed E-state index contributed by atoms with van der Waals surface area (Å²) in [5.74, 6) is -0.0604. The number of fused-ring (bicyclic) bond motifs is 1. The lowest BCUT2D eigenvalue weighted by atomic mass is 9.99. The summed E-state index contributed by atoms with van der Waals surface area (Å²) in [7, 11) is 1.87. The average molecular weight is 345 g/mol. The molecule has 4 nitrogen and oxygen atoms in total. The lowest BCUT2D eigenvalue weighted by Crippen LogP contribution is -2.27. The number of aromatic nitrogens is 2. The predicted molar refractivity (Wildman–Crippen MR) is 103 cm³/mol. The molecule has 1 unspecified atom stereocenters. The second kappa shape index (κ2) is 6.45. The van der Waals surface area contributed by atoms with Crippen molar-refractivity contribution in [3.8, 4) is 11.3 Å². The van der Waals surface area contributed by atoms with Gasteiger partial charge in [0, 0.05) is 12.6 Å². The molecule has 4 rings (SSSR count). The largest absolute Gasteiger partial charge is 0.345 e. The Morgan fingerprint density at radius 3 is 2.73 bits per heavy atom. The molecule has 3 aromatic rings. The lowest BCUT2D eigenvalue weighted by Gasteiger charge is -2.17. The van der Waals surface area contributed by atoms with Gasteiger partial charge in [0.1, 0.15) is 0 Å². The molecular weight excluding hydrogens is 322 g/mol. The zero-order chi connectivity index (χ0) is 18.3. The van der Waals surface area contributed by atoms with Gasteiger partial charge in [0.25, 0.3) is 5.91 Å². The van der Waals surface area contributed by atoms with Crippen LogP contribution in [0.25, 0.3) is 11.3 Å². The van der Waals surface area contributed by atoms with Crippen molar-refractivity contribution in [3.05, 3.63) is 76.5 Å². The summed E-state index contributed by atoms with van der Waals surface area (Å²) >= 11 is 0. The SMILES string of the molecule is Cc1cc(C)c2c(c1)CCC2NC(=O)c1cnn(C)c1-c1ccccc1. The molecule has 1 heterocycles. The van der Waals surface area contributed by atoms with Crippen LogP contribution in [0, 0.1) is 13.8 Å². The molecule has 4 heteroatoms. The second-order valence-corrected chi connectivity index (χ2v) is 7.12. The molecule has 1 aliphatic rings. The number of nitrogens with one attached hydrogen (secondary N) is 1. The maximum absolute atomic E-state index is 13.0. The third kappa shape index (κ3) is 2.81. The highest BCUT2D eigenvalue weighted by Crippen LogP contribution is 2.35. The number of hydrogen-bond donors (Lipinski definition) is 1. The summed E-state index contributed by atoms with van der Waals surface area (Å²) in [5.41, 5.74) is 7.66. The van der Waals surface area contributed by atoms with Crippen LogP contribution in [0.15, 0.2) is 48.7 Å². The Morgan fingerprint density at radius 1 is 1.19 bits per heavy atom. The maximum Gasteiger partial charge on any atom is 0.255 e. The molecule has 0 aliphatic heterocycles. The van der Waals surface area contributed by atoms with Gasteiger partial charge < -0.3 is 5.32 Å². The summed E-state index contributed by atoms with van der Waals surface area (Å²) in [5, 5.41) is 7.56. The minimum absolute atomic E-state index is 0.0604. The molecule has 0 radical (unpaired) electrons. The van der Waals surface area contributed by atoms with Crippen molar-refractivity contribution in [1.29, 1.82) is 0 Å². The highest BCUT2D eigenvalue weighted by molar-refractivity contribution is 6.00. The van der Waals surface area contributed by atoms with Gasteiger partial charge in [-0.15, -0.1) is 0 Å². The van der Waals surface area contributed by atoms with E-state index in [2.05, 4.69) is 36.4 Å². The number of aryl methyl sites for hydroxylation is 4. The molecule has 1 N–H and O–H groups in total. The van der Waals surface area contributed by atoms with E-state index in [0.29, 0.717) is 5.56 Å². The molecule has 2 aromatic carbocycles. The first-order valence-corrected chi connectivity index (χ1v) is 9.03. The third-order valence-corrected chi connectivity index (χ3v) is 5.20. The maximum atomic E-state index is 13.0. The molecule has 1 atom stereocenters. The fourth-order valence-corrected chi connectivity index (χ4v) is 4.14. The molecule has 132 valence electrons. The van der Waals surface area contributed by atoms with Crippen LogP contribution in [0.3, 0.4) is 0 Å². The van der Waals surface area contributed by atoms with Crippen molar-refractivity contribution in [2.24, 2.45) is 7.05 Å². The first-order chi connectivity index (χ1) is 12.5. The topological polar surface area (TPSA) is 46.9 Å². The van der Waals surface area contributed by atoms with E-state index in [-0.39, 0.29) is 11.9 Å². The molecule has 0 fully saturated rings. The zero-order valence-electron chi connectivity index (χ0n) is 15.4. The Morgan fingerprint density at radius 2 is 1.96 bits per heavy atom. The van der Waals surface area contributed by atoms with Gasteiger partial charge in [0.2, 0.25) is 0 Å². The first-order valence-electron chi connectivity index (χ1n) is 9.03. The fourth-order valence-electron chi connectivity index (χ4n) is 4.14. The number of benzene rings is 2. The summed E-state index contributed by atoms with van der Waals surface area (Å²) in [6, 6.07) is 14.4. The summed E-state index contributed by atoms with van der Waals surface area (Å²) in [4.78, 5) is 13.0. The molecule has 26 heavy (non-hydrogen) atoms. The molecule has 1 aliphatic carbocycles. The van der Waals surface area contributed by atoms with E-state index in [4.69, 9.17) is 0 Å². The summed E-state index contributed by atoms with van der Waals surface area (Å²) in [6.45, 7) is 4.26. The molecule has 1 amide bonds. The Hall–Kier alpha value is -2.88. The highest BCUT2D eigenvalue weighted by Gasteiger charge is 2.27. The number of carbonyl (C=O) groups excluding carboxylic acids is 1.